The number of rotatable bonds is 6. The summed E-state index contributed by atoms with van der Waals surface area (Å²) in [4.78, 5) is 11.6. The molecule has 20 heavy (non-hydrogen) atoms. The van der Waals surface area contributed by atoms with Crippen LogP contribution in [0.1, 0.15) is 32.8 Å². The van der Waals surface area contributed by atoms with Crippen LogP contribution in [-0.2, 0) is 9.53 Å². The molecule has 1 aromatic rings. The molecule has 0 saturated heterocycles. The fraction of sp³-hybridized carbons (Fsp3) is 0.375. The number of nitrogens with zero attached hydrogens (tertiary/aromatic N) is 1. The van der Waals surface area contributed by atoms with Crippen molar-refractivity contribution in [1.29, 1.82) is 5.26 Å². The fourth-order valence-electron chi connectivity index (χ4n) is 1.51. The molecule has 0 spiro atoms. The number of carbonyl (C=O) groups is 1. The van der Waals surface area contributed by atoms with Crippen molar-refractivity contribution in [3.63, 3.8) is 0 Å². The highest BCUT2D eigenvalue weighted by molar-refractivity contribution is 5.98. The van der Waals surface area contributed by atoms with Gasteiger partial charge in [-0.1, -0.05) is 25.1 Å². The van der Waals surface area contributed by atoms with E-state index in [9.17, 15) is 4.79 Å². The molecule has 4 heteroatoms. The molecule has 0 N–H and O–H groups in total. The van der Waals surface area contributed by atoms with E-state index in [0.717, 1.165) is 6.42 Å². The Morgan fingerprint density at radius 2 is 2.10 bits per heavy atom. The summed E-state index contributed by atoms with van der Waals surface area (Å²) >= 11 is 0. The highest BCUT2D eigenvalue weighted by Crippen LogP contribution is 2.23. The number of benzene rings is 1. The fourth-order valence-corrected chi connectivity index (χ4v) is 1.51. The molecule has 0 fully saturated rings. The average Bonchev–Trinajstić information content (AvgIpc) is 2.46. The van der Waals surface area contributed by atoms with Crippen LogP contribution in [0.5, 0.6) is 5.75 Å². The standard InChI is InChI=1S/C16H19NO3/c1-4-12(3)20-15-9-7-6-8-13(15)10-14(11-17)16(18)19-5-2/h6-10,12H,4-5H2,1-3H3/b14-10-/t12-/m1/s1. The summed E-state index contributed by atoms with van der Waals surface area (Å²) in [6.45, 7) is 5.94. The van der Waals surface area contributed by atoms with Gasteiger partial charge in [-0.3, -0.25) is 0 Å². The summed E-state index contributed by atoms with van der Waals surface area (Å²) in [6, 6.07) is 9.16. The van der Waals surface area contributed by atoms with Crippen molar-refractivity contribution in [2.24, 2.45) is 0 Å². The topological polar surface area (TPSA) is 59.3 Å². The van der Waals surface area contributed by atoms with Gasteiger partial charge in [0.25, 0.3) is 0 Å². The van der Waals surface area contributed by atoms with E-state index in [1.807, 2.05) is 38.1 Å². The van der Waals surface area contributed by atoms with E-state index in [0.29, 0.717) is 11.3 Å². The minimum absolute atomic E-state index is 0.0351. The summed E-state index contributed by atoms with van der Waals surface area (Å²) in [6.07, 6.45) is 2.44. The van der Waals surface area contributed by atoms with E-state index in [1.54, 1.807) is 13.0 Å². The first-order valence-corrected chi connectivity index (χ1v) is 6.66. The molecule has 0 heterocycles. The van der Waals surface area contributed by atoms with Crippen molar-refractivity contribution in [2.45, 2.75) is 33.3 Å². The summed E-state index contributed by atoms with van der Waals surface area (Å²) in [5.74, 6) is 0.0345. The second-order valence-electron chi connectivity index (χ2n) is 4.26. The smallest absolute Gasteiger partial charge is 0.348 e. The molecule has 106 valence electrons. The van der Waals surface area contributed by atoms with E-state index in [1.165, 1.54) is 6.08 Å². The van der Waals surface area contributed by atoms with Crippen LogP contribution in [0.3, 0.4) is 0 Å². The number of hydrogen-bond acceptors (Lipinski definition) is 4. The zero-order chi connectivity index (χ0) is 15.0. The maximum Gasteiger partial charge on any atom is 0.348 e. The quantitative estimate of drug-likeness (QED) is 0.453. The van der Waals surface area contributed by atoms with E-state index in [2.05, 4.69) is 0 Å². The summed E-state index contributed by atoms with van der Waals surface area (Å²) in [5, 5.41) is 9.04. The lowest BCUT2D eigenvalue weighted by Crippen LogP contribution is -2.11. The van der Waals surface area contributed by atoms with Gasteiger partial charge in [0.15, 0.2) is 0 Å². The molecular formula is C16H19NO3. The van der Waals surface area contributed by atoms with Crippen LogP contribution in [0.4, 0.5) is 0 Å². The largest absolute Gasteiger partial charge is 0.490 e. The third-order valence-corrected chi connectivity index (χ3v) is 2.74. The van der Waals surface area contributed by atoms with Gasteiger partial charge in [0.05, 0.1) is 12.7 Å². The molecule has 0 aliphatic rings. The summed E-state index contributed by atoms with van der Waals surface area (Å²) in [7, 11) is 0. The van der Waals surface area contributed by atoms with Crippen LogP contribution in [0.25, 0.3) is 6.08 Å². The maximum absolute atomic E-state index is 11.6. The number of carbonyl (C=O) groups excluding carboxylic acids is 1. The monoisotopic (exact) mass is 273 g/mol. The summed E-state index contributed by atoms with van der Waals surface area (Å²) in [5.41, 5.74) is 0.657. The van der Waals surface area contributed by atoms with Crippen LogP contribution in [-0.4, -0.2) is 18.7 Å². The number of esters is 1. The van der Waals surface area contributed by atoms with Gasteiger partial charge in [0.1, 0.15) is 17.4 Å². The van der Waals surface area contributed by atoms with E-state index < -0.39 is 5.97 Å². The van der Waals surface area contributed by atoms with Crippen molar-refractivity contribution in [1.82, 2.24) is 0 Å². The van der Waals surface area contributed by atoms with Gasteiger partial charge in [0.2, 0.25) is 0 Å². The highest BCUT2D eigenvalue weighted by atomic mass is 16.5. The maximum atomic E-state index is 11.6. The first-order valence-electron chi connectivity index (χ1n) is 6.66. The Bertz CT molecular complexity index is 529. The Morgan fingerprint density at radius 1 is 1.40 bits per heavy atom. The van der Waals surface area contributed by atoms with E-state index >= 15 is 0 Å². The molecule has 0 bridgehead atoms. The number of ether oxygens (including phenoxy) is 2. The number of hydrogen-bond donors (Lipinski definition) is 0. The van der Waals surface area contributed by atoms with Crippen molar-refractivity contribution in [3.05, 3.63) is 35.4 Å². The highest BCUT2D eigenvalue weighted by Gasteiger charge is 2.12. The average molecular weight is 273 g/mol. The van der Waals surface area contributed by atoms with Gasteiger partial charge in [-0.25, -0.2) is 4.79 Å². The van der Waals surface area contributed by atoms with Crippen molar-refractivity contribution >= 4 is 12.0 Å². The minimum atomic E-state index is -0.617. The van der Waals surface area contributed by atoms with Crippen molar-refractivity contribution in [2.75, 3.05) is 6.61 Å². The molecule has 0 unspecified atom stereocenters. The SMILES string of the molecule is CCOC(=O)/C(C#N)=C\c1ccccc1O[C@H](C)CC. The molecule has 0 aliphatic carbocycles. The molecule has 1 aromatic carbocycles. The molecular weight excluding hydrogens is 254 g/mol. The first-order chi connectivity index (χ1) is 9.62. The first kappa shape index (κ1) is 15.8. The zero-order valence-electron chi connectivity index (χ0n) is 12.1. The van der Waals surface area contributed by atoms with Crippen LogP contribution < -0.4 is 4.74 Å². The second-order valence-corrected chi connectivity index (χ2v) is 4.26. The Kier molecular flexibility index (Phi) is 6.31. The van der Waals surface area contributed by atoms with Crippen molar-refractivity contribution in [3.8, 4) is 11.8 Å². The van der Waals surface area contributed by atoms with Gasteiger partial charge in [-0.05, 0) is 32.4 Å². The van der Waals surface area contributed by atoms with E-state index in [4.69, 9.17) is 14.7 Å². The zero-order valence-corrected chi connectivity index (χ0v) is 12.1. The third kappa shape index (κ3) is 4.43. The molecule has 0 amide bonds. The predicted molar refractivity (Wildman–Crippen MR) is 77.0 cm³/mol. The lowest BCUT2D eigenvalue weighted by atomic mass is 10.1. The molecule has 0 saturated carbocycles. The molecule has 1 rings (SSSR count). The van der Waals surface area contributed by atoms with Gasteiger partial charge < -0.3 is 9.47 Å². The Hall–Kier alpha value is -2.28. The van der Waals surface area contributed by atoms with Gasteiger partial charge >= 0.3 is 5.97 Å². The van der Waals surface area contributed by atoms with Crippen LogP contribution in [0.15, 0.2) is 29.8 Å². The molecule has 4 nitrogen and oxygen atoms in total. The Morgan fingerprint density at radius 3 is 2.70 bits per heavy atom. The Balaban J connectivity index is 3.06. The molecule has 0 aromatic heterocycles. The molecule has 1 atom stereocenters. The lowest BCUT2D eigenvalue weighted by molar-refractivity contribution is -0.137. The molecule has 0 aliphatic heterocycles. The van der Waals surface area contributed by atoms with E-state index in [-0.39, 0.29) is 18.3 Å². The minimum Gasteiger partial charge on any atom is -0.490 e. The number of para-hydroxylation sites is 1. The van der Waals surface area contributed by atoms with Gasteiger partial charge in [0, 0.05) is 5.56 Å². The summed E-state index contributed by atoms with van der Waals surface area (Å²) < 4.78 is 10.6. The second kappa shape index (κ2) is 8.00. The predicted octanol–water partition coefficient (Wildman–Crippen LogP) is 3.33. The van der Waals surface area contributed by atoms with Gasteiger partial charge in [-0.15, -0.1) is 0 Å². The van der Waals surface area contributed by atoms with Gasteiger partial charge in [-0.2, -0.15) is 5.26 Å². The van der Waals surface area contributed by atoms with Crippen molar-refractivity contribution < 1.29 is 14.3 Å². The molecule has 0 radical (unpaired) electrons. The van der Waals surface area contributed by atoms with Crippen LogP contribution >= 0.6 is 0 Å². The third-order valence-electron chi connectivity index (χ3n) is 2.74. The Labute approximate surface area is 119 Å². The van der Waals surface area contributed by atoms with Crippen LogP contribution in [0, 0.1) is 11.3 Å². The normalized spacial score (nSPS) is 12.4. The lowest BCUT2D eigenvalue weighted by Gasteiger charge is -2.14. The number of nitriles is 1. The van der Waals surface area contributed by atoms with Crippen LogP contribution in [0.2, 0.25) is 0 Å².